The Kier molecular flexibility index (Phi) is 3.76. The Hall–Kier alpha value is -2.56. The van der Waals surface area contributed by atoms with Gasteiger partial charge in [-0.2, -0.15) is 5.10 Å². The van der Waals surface area contributed by atoms with Crippen LogP contribution in [0.4, 0.5) is 0 Å². The molecule has 0 spiro atoms. The van der Waals surface area contributed by atoms with Crippen LogP contribution < -0.4 is 5.43 Å². The molecule has 0 saturated carbocycles. The van der Waals surface area contributed by atoms with Gasteiger partial charge in [-0.15, -0.1) is 0 Å². The third-order valence-corrected chi connectivity index (χ3v) is 2.24. The Labute approximate surface area is 105 Å². The summed E-state index contributed by atoms with van der Waals surface area (Å²) in [6.45, 7) is 1.86. The fraction of sp³-hybridized carbons (Fsp3) is 0.0769. The number of aromatic nitrogens is 2. The number of carbonyl (C=O) groups is 1. The van der Waals surface area contributed by atoms with Gasteiger partial charge >= 0.3 is 0 Å². The normalized spacial score (nSPS) is 10.5. The second-order valence-corrected chi connectivity index (χ2v) is 3.67. The molecule has 2 heterocycles. The summed E-state index contributed by atoms with van der Waals surface area (Å²) >= 11 is 0. The molecule has 90 valence electrons. The maximum atomic E-state index is 11.7. The van der Waals surface area contributed by atoms with Crippen molar-refractivity contribution in [3.63, 3.8) is 0 Å². The molecule has 0 aliphatic carbocycles. The minimum absolute atomic E-state index is 0.289. The Morgan fingerprint density at radius 3 is 2.89 bits per heavy atom. The number of pyridine rings is 2. The van der Waals surface area contributed by atoms with E-state index in [-0.39, 0.29) is 5.91 Å². The predicted octanol–water partition coefficient (Wildman–Crippen LogP) is 1.55. The second-order valence-electron chi connectivity index (χ2n) is 3.67. The van der Waals surface area contributed by atoms with Gasteiger partial charge in [0.05, 0.1) is 11.8 Å². The fourth-order valence-electron chi connectivity index (χ4n) is 1.28. The Morgan fingerprint density at radius 2 is 2.22 bits per heavy atom. The quantitative estimate of drug-likeness (QED) is 0.653. The second kappa shape index (κ2) is 5.67. The van der Waals surface area contributed by atoms with Crippen molar-refractivity contribution in [2.75, 3.05) is 0 Å². The minimum Gasteiger partial charge on any atom is -0.267 e. The number of hydrogen-bond acceptors (Lipinski definition) is 4. The molecule has 2 aromatic rings. The van der Waals surface area contributed by atoms with Gasteiger partial charge in [-0.1, -0.05) is 6.07 Å². The maximum absolute atomic E-state index is 11.7. The topological polar surface area (TPSA) is 67.2 Å². The summed E-state index contributed by atoms with van der Waals surface area (Å²) in [5.41, 5.74) is 4.59. The molecule has 1 amide bonds. The lowest BCUT2D eigenvalue weighted by Gasteiger charge is -1.99. The van der Waals surface area contributed by atoms with Crippen molar-refractivity contribution in [3.05, 3.63) is 59.7 Å². The minimum atomic E-state index is -0.289. The summed E-state index contributed by atoms with van der Waals surface area (Å²) in [5, 5.41) is 3.85. The molecular formula is C13H12N4O. The van der Waals surface area contributed by atoms with Gasteiger partial charge in [-0.05, 0) is 25.1 Å². The predicted molar refractivity (Wildman–Crippen MR) is 68.3 cm³/mol. The Morgan fingerprint density at radius 1 is 1.33 bits per heavy atom. The first-order valence-corrected chi connectivity index (χ1v) is 5.42. The first kappa shape index (κ1) is 11.9. The standard InChI is InChI=1S/C13H12N4O/c1-10-4-5-12(9-15-10)13(18)17-16-8-11-3-2-6-14-7-11/h2-9H,1H3,(H,17,18)/b16-8-. The molecule has 0 atom stereocenters. The molecule has 2 aromatic heterocycles. The highest BCUT2D eigenvalue weighted by molar-refractivity contribution is 5.94. The maximum Gasteiger partial charge on any atom is 0.272 e. The summed E-state index contributed by atoms with van der Waals surface area (Å²) in [4.78, 5) is 19.6. The van der Waals surface area contributed by atoms with Crippen molar-refractivity contribution in [2.45, 2.75) is 6.92 Å². The molecular weight excluding hydrogens is 228 g/mol. The lowest BCUT2D eigenvalue weighted by Crippen LogP contribution is -2.17. The summed E-state index contributed by atoms with van der Waals surface area (Å²) in [5.74, 6) is -0.289. The fourth-order valence-corrected chi connectivity index (χ4v) is 1.28. The molecule has 1 N–H and O–H groups in total. The smallest absolute Gasteiger partial charge is 0.267 e. The van der Waals surface area contributed by atoms with Crippen LogP contribution in [0, 0.1) is 6.92 Å². The van der Waals surface area contributed by atoms with Crippen molar-refractivity contribution in [1.82, 2.24) is 15.4 Å². The van der Waals surface area contributed by atoms with Crippen molar-refractivity contribution in [2.24, 2.45) is 5.10 Å². The van der Waals surface area contributed by atoms with Gasteiger partial charge < -0.3 is 0 Å². The molecule has 0 aliphatic rings. The molecule has 0 unspecified atom stereocenters. The van der Waals surface area contributed by atoms with Gasteiger partial charge in [-0.25, -0.2) is 5.43 Å². The largest absolute Gasteiger partial charge is 0.272 e. The van der Waals surface area contributed by atoms with Crippen LogP contribution in [0.2, 0.25) is 0 Å². The summed E-state index contributed by atoms with van der Waals surface area (Å²) in [7, 11) is 0. The van der Waals surface area contributed by atoms with Crippen molar-refractivity contribution in [1.29, 1.82) is 0 Å². The van der Waals surface area contributed by atoms with E-state index in [1.165, 1.54) is 12.4 Å². The SMILES string of the molecule is Cc1ccc(C(=O)N/N=C\c2cccnc2)cn1. The average molecular weight is 240 g/mol. The first-order chi connectivity index (χ1) is 8.75. The lowest BCUT2D eigenvalue weighted by molar-refractivity contribution is 0.0955. The average Bonchev–Trinajstić information content (AvgIpc) is 2.40. The number of nitrogens with zero attached hydrogens (tertiary/aromatic N) is 3. The van der Waals surface area contributed by atoms with E-state index in [1.54, 1.807) is 30.6 Å². The number of nitrogens with one attached hydrogen (secondary N) is 1. The van der Waals surface area contributed by atoms with Crippen molar-refractivity contribution >= 4 is 12.1 Å². The van der Waals surface area contributed by atoms with E-state index in [1.807, 2.05) is 13.0 Å². The van der Waals surface area contributed by atoms with E-state index in [0.717, 1.165) is 11.3 Å². The van der Waals surface area contributed by atoms with Crippen molar-refractivity contribution in [3.8, 4) is 0 Å². The summed E-state index contributed by atoms with van der Waals surface area (Å²) < 4.78 is 0. The van der Waals surface area contributed by atoms with Gasteiger partial charge in [0.1, 0.15) is 0 Å². The third kappa shape index (κ3) is 3.21. The number of amides is 1. The molecule has 5 heteroatoms. The van der Waals surface area contributed by atoms with E-state index in [0.29, 0.717) is 5.56 Å². The lowest BCUT2D eigenvalue weighted by atomic mass is 10.2. The zero-order chi connectivity index (χ0) is 12.8. The van der Waals surface area contributed by atoms with Crippen LogP contribution in [-0.2, 0) is 0 Å². The molecule has 2 rings (SSSR count). The van der Waals surface area contributed by atoms with Crippen LogP contribution >= 0.6 is 0 Å². The van der Waals surface area contributed by atoms with Gasteiger partial charge in [0, 0.05) is 29.8 Å². The van der Waals surface area contributed by atoms with Gasteiger partial charge in [0.15, 0.2) is 0 Å². The summed E-state index contributed by atoms with van der Waals surface area (Å²) in [6.07, 6.45) is 6.38. The van der Waals surface area contributed by atoms with Crippen LogP contribution in [0.25, 0.3) is 0 Å². The number of hydrogen-bond donors (Lipinski definition) is 1. The van der Waals surface area contributed by atoms with Gasteiger partial charge in [0.25, 0.3) is 5.91 Å². The molecule has 18 heavy (non-hydrogen) atoms. The Balaban J connectivity index is 1.96. The van der Waals surface area contributed by atoms with Gasteiger partial charge in [-0.3, -0.25) is 14.8 Å². The number of aryl methyl sites for hydroxylation is 1. The van der Waals surface area contributed by atoms with Crippen LogP contribution in [-0.4, -0.2) is 22.1 Å². The van der Waals surface area contributed by atoms with E-state index in [2.05, 4.69) is 20.5 Å². The molecule has 0 bridgehead atoms. The van der Waals surface area contributed by atoms with Crippen LogP contribution in [0.5, 0.6) is 0 Å². The zero-order valence-electron chi connectivity index (χ0n) is 9.87. The van der Waals surface area contributed by atoms with E-state index >= 15 is 0 Å². The molecule has 0 aromatic carbocycles. The molecule has 0 radical (unpaired) electrons. The van der Waals surface area contributed by atoms with Crippen LogP contribution in [0.3, 0.4) is 0 Å². The Bertz CT molecular complexity index is 549. The number of carbonyl (C=O) groups excluding carboxylic acids is 1. The third-order valence-electron chi connectivity index (χ3n) is 2.24. The van der Waals surface area contributed by atoms with E-state index < -0.39 is 0 Å². The summed E-state index contributed by atoms with van der Waals surface area (Å²) in [6, 6.07) is 7.13. The van der Waals surface area contributed by atoms with Crippen LogP contribution in [0.15, 0.2) is 48.0 Å². The molecule has 0 saturated heterocycles. The van der Waals surface area contributed by atoms with Gasteiger partial charge in [0.2, 0.25) is 0 Å². The van der Waals surface area contributed by atoms with Crippen LogP contribution in [0.1, 0.15) is 21.6 Å². The molecule has 0 aliphatic heterocycles. The first-order valence-electron chi connectivity index (χ1n) is 5.42. The molecule has 5 nitrogen and oxygen atoms in total. The highest BCUT2D eigenvalue weighted by Crippen LogP contribution is 1.98. The monoisotopic (exact) mass is 240 g/mol. The molecule has 0 fully saturated rings. The number of rotatable bonds is 3. The zero-order valence-corrected chi connectivity index (χ0v) is 9.87. The van der Waals surface area contributed by atoms with Crippen molar-refractivity contribution < 1.29 is 4.79 Å². The number of hydrazone groups is 1. The van der Waals surface area contributed by atoms with E-state index in [4.69, 9.17) is 0 Å². The highest BCUT2D eigenvalue weighted by Gasteiger charge is 2.03. The van der Waals surface area contributed by atoms with E-state index in [9.17, 15) is 4.79 Å². The highest BCUT2D eigenvalue weighted by atomic mass is 16.2.